The van der Waals surface area contributed by atoms with Crippen molar-refractivity contribution >= 4 is 5.91 Å². The Bertz CT molecular complexity index is 493. The molecule has 0 heterocycles. The van der Waals surface area contributed by atoms with Crippen LogP contribution in [-0.2, 0) is 11.3 Å². The van der Waals surface area contributed by atoms with Crippen molar-refractivity contribution < 1.29 is 4.79 Å². The maximum absolute atomic E-state index is 11.8. The molecule has 1 unspecified atom stereocenters. The summed E-state index contributed by atoms with van der Waals surface area (Å²) >= 11 is 0. The predicted octanol–water partition coefficient (Wildman–Crippen LogP) is 0.867. The molecule has 4 heteroatoms. The molecule has 0 aliphatic carbocycles. The van der Waals surface area contributed by atoms with E-state index >= 15 is 0 Å². The first kappa shape index (κ1) is 13.8. The second-order valence-corrected chi connectivity index (χ2v) is 4.02. The van der Waals surface area contributed by atoms with E-state index in [1.165, 1.54) is 4.90 Å². The molecule has 0 spiro atoms. The van der Waals surface area contributed by atoms with Gasteiger partial charge in [-0.05, 0) is 17.7 Å². The molecule has 0 radical (unpaired) electrons. The molecule has 1 aromatic rings. The van der Waals surface area contributed by atoms with Gasteiger partial charge in [-0.2, -0.15) is 5.26 Å². The number of terminal acetylenes is 1. The van der Waals surface area contributed by atoms with Gasteiger partial charge < -0.3 is 10.6 Å². The standard InChI is InChI=1S/C14H15N3O/c1-3-4-13(16)14(18)17(2)10-12-7-5-11(9-15)6-8-12/h1,5-8,13H,4,10,16H2,2H3. The van der Waals surface area contributed by atoms with Crippen molar-refractivity contribution in [3.63, 3.8) is 0 Å². The Morgan fingerprint density at radius 3 is 2.61 bits per heavy atom. The van der Waals surface area contributed by atoms with Crippen LogP contribution in [0.4, 0.5) is 0 Å². The number of carbonyl (C=O) groups is 1. The van der Waals surface area contributed by atoms with Crippen molar-refractivity contribution in [1.82, 2.24) is 4.90 Å². The minimum atomic E-state index is -0.654. The van der Waals surface area contributed by atoms with E-state index in [0.29, 0.717) is 12.1 Å². The summed E-state index contributed by atoms with van der Waals surface area (Å²) in [6.45, 7) is 0.447. The highest BCUT2D eigenvalue weighted by Gasteiger charge is 2.16. The number of nitriles is 1. The predicted molar refractivity (Wildman–Crippen MR) is 69.1 cm³/mol. The Kier molecular flexibility index (Phi) is 4.92. The average Bonchev–Trinajstić information content (AvgIpc) is 2.39. The summed E-state index contributed by atoms with van der Waals surface area (Å²) in [6.07, 6.45) is 5.35. The van der Waals surface area contributed by atoms with Crippen LogP contribution in [0.5, 0.6) is 0 Å². The summed E-state index contributed by atoms with van der Waals surface area (Å²) in [5.74, 6) is 2.19. The van der Waals surface area contributed by atoms with E-state index in [9.17, 15) is 4.79 Å². The Labute approximate surface area is 107 Å². The maximum atomic E-state index is 11.8. The van der Waals surface area contributed by atoms with E-state index in [1.807, 2.05) is 18.2 Å². The van der Waals surface area contributed by atoms with Crippen LogP contribution in [0.15, 0.2) is 24.3 Å². The van der Waals surface area contributed by atoms with Crippen LogP contribution in [0.25, 0.3) is 0 Å². The lowest BCUT2D eigenvalue weighted by Crippen LogP contribution is -2.41. The summed E-state index contributed by atoms with van der Waals surface area (Å²) in [4.78, 5) is 13.3. The SMILES string of the molecule is C#CCC(N)C(=O)N(C)Cc1ccc(C#N)cc1. The van der Waals surface area contributed by atoms with Crippen molar-refractivity contribution in [3.8, 4) is 18.4 Å². The van der Waals surface area contributed by atoms with Crippen LogP contribution in [0, 0.1) is 23.7 Å². The van der Waals surface area contributed by atoms with Gasteiger partial charge in [0.25, 0.3) is 0 Å². The van der Waals surface area contributed by atoms with Crippen molar-refractivity contribution in [2.45, 2.75) is 19.0 Å². The molecular weight excluding hydrogens is 226 g/mol. The lowest BCUT2D eigenvalue weighted by molar-refractivity contribution is -0.131. The molecule has 0 aliphatic heterocycles. The first-order valence-corrected chi connectivity index (χ1v) is 5.51. The second-order valence-electron chi connectivity index (χ2n) is 4.02. The monoisotopic (exact) mass is 241 g/mol. The van der Waals surface area contributed by atoms with E-state index < -0.39 is 6.04 Å². The number of hydrogen-bond donors (Lipinski definition) is 1. The number of benzene rings is 1. The molecular formula is C14H15N3O. The highest BCUT2D eigenvalue weighted by molar-refractivity contribution is 5.81. The van der Waals surface area contributed by atoms with Crippen LogP contribution in [0.3, 0.4) is 0 Å². The van der Waals surface area contributed by atoms with E-state index in [0.717, 1.165) is 5.56 Å². The summed E-state index contributed by atoms with van der Waals surface area (Å²) in [5, 5.41) is 8.68. The maximum Gasteiger partial charge on any atom is 0.240 e. The average molecular weight is 241 g/mol. The van der Waals surface area contributed by atoms with Crippen molar-refractivity contribution in [1.29, 1.82) is 5.26 Å². The van der Waals surface area contributed by atoms with E-state index in [1.54, 1.807) is 19.2 Å². The van der Waals surface area contributed by atoms with Crippen LogP contribution in [0.1, 0.15) is 17.5 Å². The topological polar surface area (TPSA) is 70.1 Å². The van der Waals surface area contributed by atoms with Gasteiger partial charge in [-0.25, -0.2) is 0 Å². The van der Waals surface area contributed by atoms with Crippen LogP contribution < -0.4 is 5.73 Å². The summed E-state index contributed by atoms with van der Waals surface area (Å²) in [7, 11) is 1.68. The Morgan fingerprint density at radius 2 is 2.11 bits per heavy atom. The lowest BCUT2D eigenvalue weighted by Gasteiger charge is -2.20. The first-order chi connectivity index (χ1) is 8.58. The third-order valence-corrected chi connectivity index (χ3v) is 2.53. The lowest BCUT2D eigenvalue weighted by atomic mass is 10.1. The highest BCUT2D eigenvalue weighted by Crippen LogP contribution is 2.07. The van der Waals surface area contributed by atoms with Gasteiger partial charge in [0.1, 0.15) is 0 Å². The van der Waals surface area contributed by atoms with Gasteiger partial charge in [0.2, 0.25) is 5.91 Å². The number of nitrogens with two attached hydrogens (primary N) is 1. The number of rotatable bonds is 4. The second kappa shape index (κ2) is 6.44. The zero-order valence-electron chi connectivity index (χ0n) is 10.3. The van der Waals surface area contributed by atoms with Crippen LogP contribution >= 0.6 is 0 Å². The third-order valence-electron chi connectivity index (χ3n) is 2.53. The number of carbonyl (C=O) groups excluding carboxylic acids is 1. The summed E-state index contributed by atoms with van der Waals surface area (Å²) in [6, 6.07) is 8.45. The molecule has 1 rings (SSSR count). The van der Waals surface area contributed by atoms with E-state index in [2.05, 4.69) is 5.92 Å². The molecule has 4 nitrogen and oxygen atoms in total. The molecule has 1 amide bonds. The van der Waals surface area contributed by atoms with Crippen molar-refractivity contribution in [2.24, 2.45) is 5.73 Å². The molecule has 2 N–H and O–H groups in total. The fraction of sp³-hybridized carbons (Fsp3) is 0.286. The van der Waals surface area contributed by atoms with Gasteiger partial charge in [0, 0.05) is 20.0 Å². The fourth-order valence-electron chi connectivity index (χ4n) is 1.53. The van der Waals surface area contributed by atoms with Crippen LogP contribution in [0.2, 0.25) is 0 Å². The van der Waals surface area contributed by atoms with Crippen LogP contribution in [-0.4, -0.2) is 23.9 Å². The zero-order valence-corrected chi connectivity index (χ0v) is 10.3. The molecule has 18 heavy (non-hydrogen) atoms. The van der Waals surface area contributed by atoms with Crippen molar-refractivity contribution in [3.05, 3.63) is 35.4 Å². The van der Waals surface area contributed by atoms with Gasteiger partial charge in [-0.15, -0.1) is 12.3 Å². The van der Waals surface area contributed by atoms with Gasteiger partial charge in [-0.3, -0.25) is 4.79 Å². The molecule has 1 aromatic carbocycles. The number of amides is 1. The quantitative estimate of drug-likeness (QED) is 0.795. The normalized spacial score (nSPS) is 11.1. The minimum absolute atomic E-state index is 0.183. The molecule has 0 fully saturated rings. The number of nitrogens with zero attached hydrogens (tertiary/aromatic N) is 2. The Balaban J connectivity index is 2.64. The molecule has 92 valence electrons. The highest BCUT2D eigenvalue weighted by atomic mass is 16.2. The fourth-order valence-corrected chi connectivity index (χ4v) is 1.53. The van der Waals surface area contributed by atoms with Crippen molar-refractivity contribution in [2.75, 3.05) is 7.05 Å². The molecule has 1 atom stereocenters. The third kappa shape index (κ3) is 3.62. The van der Waals surface area contributed by atoms with Gasteiger partial charge >= 0.3 is 0 Å². The number of hydrogen-bond acceptors (Lipinski definition) is 3. The minimum Gasteiger partial charge on any atom is -0.340 e. The van der Waals surface area contributed by atoms with E-state index in [4.69, 9.17) is 17.4 Å². The summed E-state index contributed by atoms with van der Waals surface area (Å²) < 4.78 is 0. The Morgan fingerprint density at radius 1 is 1.50 bits per heavy atom. The first-order valence-electron chi connectivity index (χ1n) is 5.51. The zero-order chi connectivity index (χ0) is 13.5. The molecule has 0 saturated heterocycles. The largest absolute Gasteiger partial charge is 0.340 e. The van der Waals surface area contributed by atoms with Gasteiger partial charge in [0.15, 0.2) is 0 Å². The molecule has 0 saturated carbocycles. The number of likely N-dealkylation sites (N-methyl/N-ethyl adjacent to an activating group) is 1. The Hall–Kier alpha value is -2.30. The molecule has 0 aromatic heterocycles. The van der Waals surface area contributed by atoms with Gasteiger partial charge in [-0.1, -0.05) is 12.1 Å². The summed E-state index contributed by atoms with van der Waals surface area (Å²) in [5.41, 5.74) is 7.19. The van der Waals surface area contributed by atoms with E-state index in [-0.39, 0.29) is 12.3 Å². The molecule has 0 bridgehead atoms. The smallest absolute Gasteiger partial charge is 0.240 e. The molecule has 0 aliphatic rings. The van der Waals surface area contributed by atoms with Gasteiger partial charge in [0.05, 0.1) is 17.7 Å².